The fourth-order valence-electron chi connectivity index (χ4n) is 3.24. The first kappa shape index (κ1) is 13.3. The van der Waals surface area contributed by atoms with Crippen molar-refractivity contribution >= 4 is 0 Å². The fraction of sp³-hybridized carbons (Fsp3) is 0.600. The van der Waals surface area contributed by atoms with Crippen LogP contribution in [-0.2, 0) is 0 Å². The third-order valence-electron chi connectivity index (χ3n) is 4.49. The van der Waals surface area contributed by atoms with Gasteiger partial charge in [-0.25, -0.2) is 4.39 Å². The maximum absolute atomic E-state index is 13.4. The Morgan fingerprint density at radius 3 is 2.61 bits per heavy atom. The van der Waals surface area contributed by atoms with E-state index in [9.17, 15) is 4.39 Å². The normalized spacial score (nSPS) is 19.8. The molecule has 0 amide bonds. The highest BCUT2D eigenvalue weighted by molar-refractivity contribution is 5.37. The number of hydrogen-bond donors (Lipinski definition) is 1. The monoisotopic (exact) mass is 251 g/mol. The average molecular weight is 251 g/mol. The van der Waals surface area contributed by atoms with Crippen LogP contribution in [0, 0.1) is 11.2 Å². The molecule has 1 atom stereocenters. The lowest BCUT2D eigenvalue weighted by Crippen LogP contribution is -2.32. The van der Waals surface area contributed by atoms with E-state index in [2.05, 4.69) is 6.92 Å². The Hall–Kier alpha value is -1.09. The number of methoxy groups -OCH3 is 1. The van der Waals surface area contributed by atoms with Crippen LogP contribution in [-0.4, -0.2) is 7.11 Å². The minimum atomic E-state index is -0.245. The highest BCUT2D eigenvalue weighted by atomic mass is 19.1. The van der Waals surface area contributed by atoms with E-state index in [0.717, 1.165) is 24.8 Å². The highest BCUT2D eigenvalue weighted by Crippen LogP contribution is 2.50. The second-order valence-electron chi connectivity index (χ2n) is 5.29. The molecule has 100 valence electrons. The van der Waals surface area contributed by atoms with Gasteiger partial charge in [0.15, 0.2) is 0 Å². The SMILES string of the molecule is CCC1(C(N)c2cc(F)ccc2OC)CCCC1. The Labute approximate surface area is 108 Å². The third-order valence-corrected chi connectivity index (χ3v) is 4.49. The smallest absolute Gasteiger partial charge is 0.123 e. The topological polar surface area (TPSA) is 35.2 Å². The van der Waals surface area contributed by atoms with Gasteiger partial charge in [0.1, 0.15) is 11.6 Å². The Kier molecular flexibility index (Phi) is 3.91. The number of halogens is 1. The van der Waals surface area contributed by atoms with Crippen molar-refractivity contribution in [3.8, 4) is 5.75 Å². The van der Waals surface area contributed by atoms with Gasteiger partial charge >= 0.3 is 0 Å². The van der Waals surface area contributed by atoms with Gasteiger partial charge in [0.2, 0.25) is 0 Å². The molecule has 0 heterocycles. The molecule has 2 nitrogen and oxygen atoms in total. The molecule has 1 saturated carbocycles. The first-order valence-electron chi connectivity index (χ1n) is 6.72. The molecule has 18 heavy (non-hydrogen) atoms. The largest absolute Gasteiger partial charge is 0.496 e. The average Bonchev–Trinajstić information content (AvgIpc) is 2.87. The molecule has 0 aromatic heterocycles. The van der Waals surface area contributed by atoms with E-state index in [-0.39, 0.29) is 17.3 Å². The summed E-state index contributed by atoms with van der Waals surface area (Å²) in [5.74, 6) is 0.453. The molecule has 1 fully saturated rings. The molecule has 1 aliphatic carbocycles. The first-order chi connectivity index (χ1) is 8.63. The Morgan fingerprint density at radius 1 is 1.39 bits per heavy atom. The summed E-state index contributed by atoms with van der Waals surface area (Å²) < 4.78 is 18.8. The van der Waals surface area contributed by atoms with Crippen molar-refractivity contribution in [3.05, 3.63) is 29.6 Å². The standard InChI is InChI=1S/C15H22FNO/c1-3-15(8-4-5-9-15)14(17)12-10-11(16)6-7-13(12)18-2/h6-7,10,14H,3-5,8-9,17H2,1-2H3. The Bertz CT molecular complexity index is 413. The van der Waals surface area contributed by atoms with E-state index in [1.165, 1.54) is 25.0 Å². The molecule has 0 bridgehead atoms. The number of hydrogen-bond acceptors (Lipinski definition) is 2. The van der Waals surface area contributed by atoms with Crippen LogP contribution >= 0.6 is 0 Å². The Morgan fingerprint density at radius 2 is 2.06 bits per heavy atom. The molecule has 1 unspecified atom stereocenters. The molecule has 2 rings (SSSR count). The van der Waals surface area contributed by atoms with E-state index in [4.69, 9.17) is 10.5 Å². The summed E-state index contributed by atoms with van der Waals surface area (Å²) in [4.78, 5) is 0. The van der Waals surface area contributed by atoms with Gasteiger partial charge < -0.3 is 10.5 Å². The van der Waals surface area contributed by atoms with E-state index < -0.39 is 0 Å². The second kappa shape index (κ2) is 5.27. The molecule has 0 spiro atoms. The van der Waals surface area contributed by atoms with Crippen molar-refractivity contribution < 1.29 is 9.13 Å². The summed E-state index contributed by atoms with van der Waals surface area (Å²) >= 11 is 0. The number of ether oxygens (including phenoxy) is 1. The molecule has 0 saturated heterocycles. The van der Waals surface area contributed by atoms with Crippen LogP contribution in [0.2, 0.25) is 0 Å². The quantitative estimate of drug-likeness (QED) is 0.883. The van der Waals surface area contributed by atoms with Crippen LogP contribution in [0.3, 0.4) is 0 Å². The molecule has 1 aromatic carbocycles. The summed E-state index contributed by atoms with van der Waals surface area (Å²) in [6.07, 6.45) is 5.74. The van der Waals surface area contributed by atoms with E-state index in [1.54, 1.807) is 13.2 Å². The Balaban J connectivity index is 2.37. The van der Waals surface area contributed by atoms with Gasteiger partial charge in [0.05, 0.1) is 7.11 Å². The maximum atomic E-state index is 13.4. The van der Waals surface area contributed by atoms with Gasteiger partial charge in [-0.3, -0.25) is 0 Å². The summed E-state index contributed by atoms with van der Waals surface area (Å²) in [6, 6.07) is 4.47. The van der Waals surface area contributed by atoms with Crippen LogP contribution < -0.4 is 10.5 Å². The van der Waals surface area contributed by atoms with Crippen molar-refractivity contribution in [2.24, 2.45) is 11.1 Å². The second-order valence-corrected chi connectivity index (χ2v) is 5.29. The third kappa shape index (κ3) is 2.24. The van der Waals surface area contributed by atoms with Gasteiger partial charge in [-0.15, -0.1) is 0 Å². The van der Waals surface area contributed by atoms with E-state index in [0.29, 0.717) is 5.75 Å². The summed E-state index contributed by atoms with van der Waals surface area (Å²) in [6.45, 7) is 2.18. The maximum Gasteiger partial charge on any atom is 0.123 e. The van der Waals surface area contributed by atoms with Crippen molar-refractivity contribution in [1.29, 1.82) is 0 Å². The minimum Gasteiger partial charge on any atom is -0.496 e. The molecule has 1 aromatic rings. The predicted molar refractivity (Wildman–Crippen MR) is 71.1 cm³/mol. The van der Waals surface area contributed by atoms with Gasteiger partial charge in [-0.2, -0.15) is 0 Å². The molecular formula is C15H22FNO. The summed E-state index contributed by atoms with van der Waals surface area (Å²) in [5.41, 5.74) is 7.36. The van der Waals surface area contributed by atoms with Gasteiger partial charge in [0, 0.05) is 11.6 Å². The number of benzene rings is 1. The van der Waals surface area contributed by atoms with Crippen molar-refractivity contribution in [2.45, 2.75) is 45.1 Å². The molecule has 0 aliphatic heterocycles. The van der Waals surface area contributed by atoms with Crippen LogP contribution in [0.25, 0.3) is 0 Å². The lowest BCUT2D eigenvalue weighted by molar-refractivity contribution is 0.217. The molecule has 1 aliphatic rings. The molecular weight excluding hydrogens is 229 g/mol. The van der Waals surface area contributed by atoms with Crippen LogP contribution in [0.15, 0.2) is 18.2 Å². The number of nitrogens with two attached hydrogens (primary N) is 1. The van der Waals surface area contributed by atoms with Gasteiger partial charge in [-0.1, -0.05) is 19.8 Å². The lowest BCUT2D eigenvalue weighted by atomic mass is 9.73. The molecule has 2 N–H and O–H groups in total. The lowest BCUT2D eigenvalue weighted by Gasteiger charge is -2.35. The zero-order chi connectivity index (χ0) is 13.2. The number of rotatable bonds is 4. The molecule has 0 radical (unpaired) electrons. The zero-order valence-electron chi connectivity index (χ0n) is 11.2. The summed E-state index contributed by atoms with van der Waals surface area (Å²) in [7, 11) is 1.61. The molecule has 3 heteroatoms. The van der Waals surface area contributed by atoms with Crippen molar-refractivity contribution in [2.75, 3.05) is 7.11 Å². The van der Waals surface area contributed by atoms with Crippen LogP contribution in [0.4, 0.5) is 4.39 Å². The summed E-state index contributed by atoms with van der Waals surface area (Å²) in [5, 5.41) is 0. The zero-order valence-corrected chi connectivity index (χ0v) is 11.2. The van der Waals surface area contributed by atoms with Crippen LogP contribution in [0.5, 0.6) is 5.75 Å². The van der Waals surface area contributed by atoms with Crippen molar-refractivity contribution in [3.63, 3.8) is 0 Å². The van der Waals surface area contributed by atoms with E-state index in [1.807, 2.05) is 0 Å². The minimum absolute atomic E-state index is 0.112. The highest BCUT2D eigenvalue weighted by Gasteiger charge is 2.39. The van der Waals surface area contributed by atoms with Gasteiger partial charge in [0.25, 0.3) is 0 Å². The first-order valence-corrected chi connectivity index (χ1v) is 6.72. The fourth-order valence-corrected chi connectivity index (χ4v) is 3.24. The van der Waals surface area contributed by atoms with E-state index >= 15 is 0 Å². The van der Waals surface area contributed by atoms with Crippen molar-refractivity contribution in [1.82, 2.24) is 0 Å². The van der Waals surface area contributed by atoms with Crippen LogP contribution in [0.1, 0.15) is 50.6 Å². The predicted octanol–water partition coefficient (Wildman–Crippen LogP) is 3.80. The van der Waals surface area contributed by atoms with Gasteiger partial charge in [-0.05, 0) is 42.9 Å².